The molecule has 1 aromatic carbocycles. The summed E-state index contributed by atoms with van der Waals surface area (Å²) in [5.74, 6) is 0.125. The normalized spacial score (nSPS) is 11.9. The second-order valence-electron chi connectivity index (χ2n) is 7.69. The molecule has 27 heavy (non-hydrogen) atoms. The van der Waals surface area contributed by atoms with Crippen LogP contribution in [0, 0.1) is 5.82 Å². The maximum Gasteiger partial charge on any atom is 0.136 e. The highest BCUT2D eigenvalue weighted by Gasteiger charge is 2.19. The maximum atomic E-state index is 14.7. The van der Waals surface area contributed by atoms with Crippen LogP contribution in [0.4, 0.5) is 4.39 Å². The van der Waals surface area contributed by atoms with Crippen molar-refractivity contribution in [1.82, 2.24) is 9.55 Å². The lowest BCUT2D eigenvalue weighted by Crippen LogP contribution is -2.22. The van der Waals surface area contributed by atoms with Crippen LogP contribution in [0.15, 0.2) is 36.5 Å². The SMILES string of the molecule is COc1cccc(F)c1-c1cc2cnc(Cl)cc2n1COCC[Si](C)(C)C. The highest BCUT2D eigenvalue weighted by Crippen LogP contribution is 2.36. The van der Waals surface area contributed by atoms with Crippen molar-refractivity contribution in [3.63, 3.8) is 0 Å². The summed E-state index contributed by atoms with van der Waals surface area (Å²) in [5.41, 5.74) is 1.93. The molecule has 144 valence electrons. The number of benzene rings is 1. The molecule has 3 rings (SSSR count). The molecule has 4 nitrogen and oxygen atoms in total. The average molecular weight is 407 g/mol. The molecule has 0 aliphatic rings. The van der Waals surface area contributed by atoms with E-state index in [2.05, 4.69) is 24.6 Å². The van der Waals surface area contributed by atoms with E-state index in [9.17, 15) is 4.39 Å². The molecule has 0 aliphatic heterocycles. The van der Waals surface area contributed by atoms with Gasteiger partial charge in [-0.1, -0.05) is 37.3 Å². The monoisotopic (exact) mass is 406 g/mol. The van der Waals surface area contributed by atoms with Gasteiger partial charge in [0.15, 0.2) is 0 Å². The molecule has 0 fully saturated rings. The number of fused-ring (bicyclic) bond motifs is 1. The Kier molecular flexibility index (Phi) is 5.88. The first-order valence-electron chi connectivity index (χ1n) is 8.85. The van der Waals surface area contributed by atoms with E-state index < -0.39 is 8.07 Å². The van der Waals surface area contributed by atoms with Crippen molar-refractivity contribution in [2.24, 2.45) is 0 Å². The molecular weight excluding hydrogens is 383 g/mol. The Labute approximate surface area is 164 Å². The summed E-state index contributed by atoms with van der Waals surface area (Å²) in [4.78, 5) is 4.14. The number of aromatic nitrogens is 2. The molecule has 0 aliphatic carbocycles. The second kappa shape index (κ2) is 8.00. The number of pyridine rings is 1. The molecule has 0 saturated heterocycles. The van der Waals surface area contributed by atoms with Crippen LogP contribution in [0.5, 0.6) is 5.75 Å². The van der Waals surface area contributed by atoms with Crippen molar-refractivity contribution in [1.29, 1.82) is 0 Å². The summed E-state index contributed by atoms with van der Waals surface area (Å²) in [5, 5.41) is 1.25. The minimum absolute atomic E-state index is 0.307. The molecule has 2 aromatic heterocycles. The van der Waals surface area contributed by atoms with Gasteiger partial charge in [-0.25, -0.2) is 9.37 Å². The van der Waals surface area contributed by atoms with Gasteiger partial charge in [0.2, 0.25) is 0 Å². The van der Waals surface area contributed by atoms with Gasteiger partial charge in [0.05, 0.1) is 23.9 Å². The van der Waals surface area contributed by atoms with Gasteiger partial charge in [-0.2, -0.15) is 0 Å². The number of halogens is 2. The minimum atomic E-state index is -1.19. The first-order chi connectivity index (χ1) is 12.8. The lowest BCUT2D eigenvalue weighted by atomic mass is 10.1. The molecule has 0 amide bonds. The van der Waals surface area contributed by atoms with Crippen LogP contribution in [0.25, 0.3) is 22.2 Å². The smallest absolute Gasteiger partial charge is 0.136 e. The number of hydrogen-bond donors (Lipinski definition) is 0. The molecule has 0 N–H and O–H groups in total. The van der Waals surface area contributed by atoms with Gasteiger partial charge in [0, 0.05) is 26.3 Å². The summed E-state index contributed by atoms with van der Waals surface area (Å²) in [7, 11) is 0.347. The Hall–Kier alpha value is -1.89. The quantitative estimate of drug-likeness (QED) is 0.282. The second-order valence-corrected chi connectivity index (χ2v) is 13.7. The fourth-order valence-electron chi connectivity index (χ4n) is 2.93. The van der Waals surface area contributed by atoms with Crippen LogP contribution in [-0.4, -0.2) is 31.3 Å². The van der Waals surface area contributed by atoms with Crippen LogP contribution in [-0.2, 0) is 11.5 Å². The summed E-state index contributed by atoms with van der Waals surface area (Å²) in [6.45, 7) is 7.90. The van der Waals surface area contributed by atoms with E-state index in [1.807, 2.05) is 10.6 Å². The molecule has 2 heterocycles. The van der Waals surface area contributed by atoms with Crippen LogP contribution in [0.1, 0.15) is 0 Å². The molecule has 0 radical (unpaired) electrons. The van der Waals surface area contributed by atoms with Gasteiger partial charge in [0.1, 0.15) is 23.5 Å². The van der Waals surface area contributed by atoms with E-state index in [0.29, 0.717) is 35.5 Å². The zero-order chi connectivity index (χ0) is 19.6. The molecule has 0 unspecified atom stereocenters. The molecule has 0 spiro atoms. The lowest BCUT2D eigenvalue weighted by molar-refractivity contribution is 0.0912. The van der Waals surface area contributed by atoms with E-state index in [1.165, 1.54) is 13.2 Å². The third-order valence-corrected chi connectivity index (χ3v) is 6.33. The van der Waals surface area contributed by atoms with Crippen LogP contribution < -0.4 is 4.74 Å². The van der Waals surface area contributed by atoms with E-state index in [4.69, 9.17) is 21.1 Å². The van der Waals surface area contributed by atoms with E-state index in [1.54, 1.807) is 24.4 Å². The van der Waals surface area contributed by atoms with Crippen molar-refractivity contribution in [3.8, 4) is 17.0 Å². The Bertz CT molecular complexity index is 953. The van der Waals surface area contributed by atoms with Crippen LogP contribution in [0.3, 0.4) is 0 Å². The van der Waals surface area contributed by atoms with Gasteiger partial charge in [0.25, 0.3) is 0 Å². The number of ether oxygens (including phenoxy) is 2. The van der Waals surface area contributed by atoms with Crippen LogP contribution in [0.2, 0.25) is 30.8 Å². The number of methoxy groups -OCH3 is 1. The highest BCUT2D eigenvalue weighted by molar-refractivity contribution is 6.76. The Morgan fingerprint density at radius 3 is 2.70 bits per heavy atom. The predicted octanol–water partition coefficient (Wildman–Crippen LogP) is 5.82. The largest absolute Gasteiger partial charge is 0.496 e. The van der Waals surface area contributed by atoms with Gasteiger partial charge in [-0.15, -0.1) is 0 Å². The van der Waals surface area contributed by atoms with Crippen molar-refractivity contribution in [2.75, 3.05) is 13.7 Å². The predicted molar refractivity (Wildman–Crippen MR) is 111 cm³/mol. The van der Waals surface area contributed by atoms with E-state index in [0.717, 1.165) is 16.9 Å². The van der Waals surface area contributed by atoms with Gasteiger partial charge in [-0.3, -0.25) is 0 Å². The third kappa shape index (κ3) is 4.51. The van der Waals surface area contributed by atoms with Gasteiger partial charge in [-0.05, 0) is 30.3 Å². The van der Waals surface area contributed by atoms with Crippen molar-refractivity contribution in [2.45, 2.75) is 32.4 Å². The molecule has 0 saturated carbocycles. The number of rotatable bonds is 7. The fraction of sp³-hybridized carbons (Fsp3) is 0.350. The summed E-state index contributed by atoms with van der Waals surface area (Å²) >= 11 is 6.10. The summed E-state index contributed by atoms with van der Waals surface area (Å²) in [6.07, 6.45) is 1.69. The lowest BCUT2D eigenvalue weighted by Gasteiger charge is -2.17. The zero-order valence-electron chi connectivity index (χ0n) is 16.1. The Balaban J connectivity index is 2.05. The van der Waals surface area contributed by atoms with Gasteiger partial charge < -0.3 is 14.0 Å². The Morgan fingerprint density at radius 1 is 1.22 bits per heavy atom. The molecule has 0 atom stereocenters. The van der Waals surface area contributed by atoms with Crippen LogP contribution >= 0.6 is 11.6 Å². The molecule has 3 aromatic rings. The van der Waals surface area contributed by atoms with Crippen molar-refractivity contribution in [3.05, 3.63) is 47.5 Å². The van der Waals surface area contributed by atoms with Crippen molar-refractivity contribution < 1.29 is 13.9 Å². The molecule has 0 bridgehead atoms. The van der Waals surface area contributed by atoms with E-state index >= 15 is 0 Å². The zero-order valence-corrected chi connectivity index (χ0v) is 17.8. The average Bonchev–Trinajstić information content (AvgIpc) is 2.95. The first kappa shape index (κ1) is 19.9. The van der Waals surface area contributed by atoms with Crippen molar-refractivity contribution >= 4 is 30.6 Å². The van der Waals surface area contributed by atoms with Gasteiger partial charge >= 0.3 is 0 Å². The summed E-state index contributed by atoms with van der Waals surface area (Å²) < 4.78 is 28.0. The number of nitrogens with zero attached hydrogens (tertiary/aromatic N) is 2. The standard InChI is InChI=1S/C20H24ClFN2O2Si/c1-25-18-7-5-6-15(22)20(18)17-10-14-12-23-19(21)11-16(14)24(17)13-26-8-9-27(2,3)4/h5-7,10-12H,8-9,13H2,1-4H3. The fourth-order valence-corrected chi connectivity index (χ4v) is 3.84. The maximum absolute atomic E-state index is 14.7. The molecule has 7 heteroatoms. The topological polar surface area (TPSA) is 36.3 Å². The minimum Gasteiger partial charge on any atom is -0.496 e. The highest BCUT2D eigenvalue weighted by atomic mass is 35.5. The third-order valence-electron chi connectivity index (χ3n) is 4.42. The summed E-state index contributed by atoms with van der Waals surface area (Å²) in [6, 6.07) is 9.53. The molecular formula is C20H24ClFN2O2Si. The number of hydrogen-bond acceptors (Lipinski definition) is 3. The Morgan fingerprint density at radius 2 is 2.00 bits per heavy atom. The van der Waals surface area contributed by atoms with E-state index in [-0.39, 0.29) is 5.82 Å². The first-order valence-corrected chi connectivity index (χ1v) is 12.9.